The van der Waals surface area contributed by atoms with Gasteiger partial charge in [0.1, 0.15) is 0 Å². The van der Waals surface area contributed by atoms with Crippen LogP contribution in [0.25, 0.3) is 0 Å². The average molecular weight is 362 g/mol. The van der Waals surface area contributed by atoms with Crippen molar-refractivity contribution in [1.82, 2.24) is 0 Å². The van der Waals surface area contributed by atoms with E-state index >= 15 is 0 Å². The molecule has 3 heteroatoms. The minimum atomic E-state index is -0.656. The Bertz CT molecular complexity index is 290. The number of aliphatic carboxylic acids is 1. The van der Waals surface area contributed by atoms with Crippen molar-refractivity contribution >= 4 is 35.5 Å². The fourth-order valence-electron chi connectivity index (χ4n) is 3.05. The topological polar surface area (TPSA) is 37.3 Å². The molecule has 0 rings (SSSR count). The number of allylic oxidation sites excluding steroid dienone is 2. The number of hydrogen-bond donors (Lipinski definition) is 1. The summed E-state index contributed by atoms with van der Waals surface area (Å²) in [4.78, 5) is 10.4. The summed E-state index contributed by atoms with van der Waals surface area (Å²) in [6, 6.07) is 0. The Balaban J connectivity index is 0. The van der Waals surface area contributed by atoms with Gasteiger partial charge in [0.15, 0.2) is 0 Å². The van der Waals surface area contributed by atoms with Gasteiger partial charge in [0, 0.05) is 36.0 Å². The molecule has 0 aliphatic rings. The summed E-state index contributed by atoms with van der Waals surface area (Å²) in [5.74, 6) is -0.656. The van der Waals surface area contributed by atoms with E-state index in [2.05, 4.69) is 19.1 Å². The summed E-state index contributed by atoms with van der Waals surface area (Å²) in [6.45, 7) is 2.27. The molecule has 25 heavy (non-hydrogen) atoms. The first-order valence-electron chi connectivity index (χ1n) is 10.6. The van der Waals surface area contributed by atoms with Crippen LogP contribution >= 0.6 is 0 Å². The number of rotatable bonds is 19. The first-order valence-corrected chi connectivity index (χ1v) is 10.6. The molecule has 0 bridgehead atoms. The summed E-state index contributed by atoms with van der Waals surface area (Å²) in [6.07, 6.45) is 27.1. The molecule has 0 amide bonds. The Morgan fingerprint density at radius 3 is 1.40 bits per heavy atom. The molecule has 0 aromatic heterocycles. The van der Waals surface area contributed by atoms with Crippen LogP contribution in [0, 0.1) is 0 Å². The smallest absolute Gasteiger partial charge is 0.303 e. The SMILES string of the molecule is CCCCCCCCC=CCCCCCCCCCCCC(=O)O.[Na]. The summed E-state index contributed by atoms with van der Waals surface area (Å²) < 4.78 is 0. The molecule has 0 unspecified atom stereocenters. The number of carboxylic acids is 1. The van der Waals surface area contributed by atoms with Gasteiger partial charge in [-0.25, -0.2) is 0 Å². The summed E-state index contributed by atoms with van der Waals surface area (Å²) in [5, 5.41) is 8.55. The van der Waals surface area contributed by atoms with Crippen molar-refractivity contribution in [2.45, 2.75) is 122 Å². The Morgan fingerprint density at radius 1 is 0.640 bits per heavy atom. The van der Waals surface area contributed by atoms with Crippen LogP contribution in [0.5, 0.6) is 0 Å². The van der Waals surface area contributed by atoms with Crippen LogP contribution in [0.15, 0.2) is 12.2 Å². The zero-order valence-electron chi connectivity index (χ0n) is 17.2. The van der Waals surface area contributed by atoms with Gasteiger partial charge in [-0.05, 0) is 32.1 Å². The van der Waals surface area contributed by atoms with Gasteiger partial charge in [0.05, 0.1) is 0 Å². The van der Waals surface area contributed by atoms with Crippen LogP contribution in [-0.4, -0.2) is 40.6 Å². The van der Waals surface area contributed by atoms with Crippen molar-refractivity contribution in [2.75, 3.05) is 0 Å². The van der Waals surface area contributed by atoms with E-state index in [1.54, 1.807) is 0 Å². The Hall–Kier alpha value is 0.210. The first kappa shape index (κ1) is 27.4. The van der Waals surface area contributed by atoms with Crippen molar-refractivity contribution in [1.29, 1.82) is 0 Å². The third-order valence-electron chi connectivity index (χ3n) is 4.65. The normalized spacial score (nSPS) is 10.9. The molecule has 0 aromatic carbocycles. The van der Waals surface area contributed by atoms with Gasteiger partial charge < -0.3 is 5.11 Å². The molecule has 143 valence electrons. The van der Waals surface area contributed by atoms with E-state index in [1.165, 1.54) is 96.3 Å². The molecular weight excluding hydrogens is 319 g/mol. The summed E-state index contributed by atoms with van der Waals surface area (Å²) in [7, 11) is 0. The van der Waals surface area contributed by atoms with Crippen molar-refractivity contribution in [3.05, 3.63) is 12.2 Å². The molecule has 0 heterocycles. The molecule has 0 spiro atoms. The molecule has 0 aliphatic carbocycles. The van der Waals surface area contributed by atoms with E-state index in [4.69, 9.17) is 5.11 Å². The Kier molecular flexibility index (Phi) is 26.6. The summed E-state index contributed by atoms with van der Waals surface area (Å²) in [5.41, 5.74) is 0. The second kappa shape index (κ2) is 24.2. The quantitative estimate of drug-likeness (QED) is 0.149. The van der Waals surface area contributed by atoms with E-state index in [0.717, 1.165) is 12.8 Å². The van der Waals surface area contributed by atoms with Gasteiger partial charge in [-0.15, -0.1) is 0 Å². The predicted octanol–water partition coefficient (Wildman–Crippen LogP) is 7.29. The minimum Gasteiger partial charge on any atom is -0.481 e. The second-order valence-electron chi connectivity index (χ2n) is 7.14. The van der Waals surface area contributed by atoms with Gasteiger partial charge >= 0.3 is 5.97 Å². The molecule has 2 nitrogen and oxygen atoms in total. The monoisotopic (exact) mass is 361 g/mol. The van der Waals surface area contributed by atoms with Crippen molar-refractivity contribution in [3.8, 4) is 0 Å². The largest absolute Gasteiger partial charge is 0.481 e. The van der Waals surface area contributed by atoms with Crippen LogP contribution in [0.1, 0.15) is 122 Å². The molecule has 0 fully saturated rings. The fraction of sp³-hybridized carbons (Fsp3) is 0.864. The molecule has 1 N–H and O–H groups in total. The Morgan fingerprint density at radius 2 is 1.00 bits per heavy atom. The maximum Gasteiger partial charge on any atom is 0.303 e. The molecule has 0 aromatic rings. The van der Waals surface area contributed by atoms with Crippen LogP contribution < -0.4 is 0 Å². The standard InChI is InChI=1S/C22H42O2.Na/c1-2-3-4-5-6-7-8-9-10-11-12-13-14-15-16-17-18-19-20-21-22(23)24;/h9-10H,2-8,11-21H2,1H3,(H,23,24);. The number of carboxylic acid groups (broad SMARTS) is 1. The Labute approximate surface area is 179 Å². The van der Waals surface area contributed by atoms with Crippen LogP contribution in [0.2, 0.25) is 0 Å². The van der Waals surface area contributed by atoms with E-state index in [1.807, 2.05) is 0 Å². The van der Waals surface area contributed by atoms with Crippen molar-refractivity contribution in [3.63, 3.8) is 0 Å². The molecule has 1 radical (unpaired) electrons. The van der Waals surface area contributed by atoms with Crippen molar-refractivity contribution < 1.29 is 9.90 Å². The summed E-state index contributed by atoms with van der Waals surface area (Å²) >= 11 is 0. The number of hydrogen-bond acceptors (Lipinski definition) is 1. The molecule has 0 atom stereocenters. The van der Waals surface area contributed by atoms with Gasteiger partial charge in [0.2, 0.25) is 0 Å². The minimum absolute atomic E-state index is 0. The van der Waals surface area contributed by atoms with E-state index in [9.17, 15) is 4.79 Å². The van der Waals surface area contributed by atoms with Crippen LogP contribution in [0.3, 0.4) is 0 Å². The van der Waals surface area contributed by atoms with E-state index in [-0.39, 0.29) is 29.6 Å². The maximum absolute atomic E-state index is 10.4. The van der Waals surface area contributed by atoms with E-state index < -0.39 is 5.97 Å². The molecule has 0 saturated heterocycles. The predicted molar refractivity (Wildman–Crippen MR) is 111 cm³/mol. The van der Waals surface area contributed by atoms with Crippen LogP contribution in [-0.2, 0) is 4.79 Å². The third-order valence-corrected chi connectivity index (χ3v) is 4.65. The van der Waals surface area contributed by atoms with Gasteiger partial charge in [-0.3, -0.25) is 4.79 Å². The van der Waals surface area contributed by atoms with Crippen molar-refractivity contribution in [2.24, 2.45) is 0 Å². The molecule has 0 aliphatic heterocycles. The zero-order valence-corrected chi connectivity index (χ0v) is 19.2. The van der Waals surface area contributed by atoms with Gasteiger partial charge in [-0.2, -0.15) is 0 Å². The first-order chi connectivity index (χ1) is 11.8. The second-order valence-corrected chi connectivity index (χ2v) is 7.14. The van der Waals surface area contributed by atoms with Crippen LogP contribution in [0.4, 0.5) is 0 Å². The third kappa shape index (κ3) is 26.5. The number of carbonyl (C=O) groups is 1. The maximum atomic E-state index is 10.4. The van der Waals surface area contributed by atoms with Gasteiger partial charge in [-0.1, -0.05) is 96.1 Å². The van der Waals surface area contributed by atoms with Gasteiger partial charge in [0.25, 0.3) is 0 Å². The molecule has 0 saturated carbocycles. The molecular formula is C22H42NaO2. The number of unbranched alkanes of at least 4 members (excludes halogenated alkanes) is 15. The van der Waals surface area contributed by atoms with E-state index in [0.29, 0.717) is 6.42 Å². The average Bonchev–Trinajstić information content (AvgIpc) is 2.56. The zero-order chi connectivity index (χ0) is 17.7. The fourth-order valence-corrected chi connectivity index (χ4v) is 3.05.